The predicted molar refractivity (Wildman–Crippen MR) is 88.0 cm³/mol. The van der Waals surface area contributed by atoms with Crippen LogP contribution in [0.5, 0.6) is 0 Å². The number of tetrazole rings is 1. The van der Waals surface area contributed by atoms with Crippen LogP contribution >= 0.6 is 0 Å². The van der Waals surface area contributed by atoms with Crippen LogP contribution in [0.1, 0.15) is 23.5 Å². The summed E-state index contributed by atoms with van der Waals surface area (Å²) in [7, 11) is 0. The topological polar surface area (TPSA) is 111 Å². The minimum atomic E-state index is -0.447. The van der Waals surface area contributed by atoms with Crippen molar-refractivity contribution in [2.45, 2.75) is 18.9 Å². The number of benzene rings is 1. The van der Waals surface area contributed by atoms with Gasteiger partial charge < -0.3 is 15.0 Å². The lowest BCUT2D eigenvalue weighted by molar-refractivity contribution is 0.0850. The number of aromatic nitrogens is 6. The number of hydrogen-bond donors (Lipinski definition) is 2. The van der Waals surface area contributed by atoms with Gasteiger partial charge in [-0.15, -0.1) is 5.10 Å². The first-order chi connectivity index (χ1) is 12.7. The van der Waals surface area contributed by atoms with Crippen LogP contribution in [0.4, 0.5) is 4.39 Å². The molecule has 1 atom stereocenters. The van der Waals surface area contributed by atoms with Crippen LogP contribution in [0, 0.1) is 5.82 Å². The fourth-order valence-corrected chi connectivity index (χ4v) is 2.79. The monoisotopic (exact) mass is 357 g/mol. The smallest absolute Gasteiger partial charge is 0.287 e. The Balaban J connectivity index is 1.53. The molecule has 26 heavy (non-hydrogen) atoms. The largest absolute Gasteiger partial charge is 0.376 e. The van der Waals surface area contributed by atoms with E-state index < -0.39 is 5.82 Å². The van der Waals surface area contributed by atoms with Gasteiger partial charge in [-0.1, -0.05) is 12.1 Å². The maximum Gasteiger partial charge on any atom is 0.287 e. The molecule has 1 aromatic carbocycles. The molecule has 1 fully saturated rings. The molecule has 4 rings (SSSR count). The number of nitrogens with one attached hydrogen (secondary N) is 2. The van der Waals surface area contributed by atoms with Gasteiger partial charge in [-0.25, -0.2) is 9.37 Å². The number of H-pyrrole nitrogens is 1. The van der Waals surface area contributed by atoms with E-state index in [9.17, 15) is 9.18 Å². The second-order valence-electron chi connectivity index (χ2n) is 5.86. The summed E-state index contributed by atoms with van der Waals surface area (Å²) in [4.78, 5) is 19.1. The average Bonchev–Trinajstić information content (AvgIpc) is 3.40. The number of carbonyl (C=O) groups is 1. The quantitative estimate of drug-likeness (QED) is 0.707. The highest BCUT2D eigenvalue weighted by Gasteiger charge is 2.20. The Morgan fingerprint density at radius 3 is 3.12 bits per heavy atom. The summed E-state index contributed by atoms with van der Waals surface area (Å²) in [6, 6.07) is 6.17. The van der Waals surface area contributed by atoms with Gasteiger partial charge in [0, 0.05) is 13.2 Å². The molecule has 0 radical (unpaired) electrons. The second kappa shape index (κ2) is 7.00. The zero-order valence-corrected chi connectivity index (χ0v) is 13.7. The van der Waals surface area contributed by atoms with Crippen molar-refractivity contribution in [3.8, 4) is 17.2 Å². The number of rotatable bonds is 5. The van der Waals surface area contributed by atoms with Crippen LogP contribution in [0.3, 0.4) is 0 Å². The number of imidazole rings is 1. The van der Waals surface area contributed by atoms with E-state index in [4.69, 9.17) is 4.74 Å². The van der Waals surface area contributed by atoms with Gasteiger partial charge in [0.2, 0.25) is 0 Å². The minimum absolute atomic E-state index is 0.0422. The Morgan fingerprint density at radius 2 is 2.31 bits per heavy atom. The molecule has 2 aromatic heterocycles. The predicted octanol–water partition coefficient (Wildman–Crippen LogP) is 1.10. The van der Waals surface area contributed by atoms with E-state index in [2.05, 4.69) is 30.8 Å². The number of nitrogens with zero attached hydrogens (tertiary/aromatic N) is 5. The van der Waals surface area contributed by atoms with Crippen LogP contribution in [0.25, 0.3) is 17.2 Å². The first-order valence-corrected chi connectivity index (χ1v) is 8.21. The van der Waals surface area contributed by atoms with Gasteiger partial charge in [-0.05, 0) is 35.4 Å². The van der Waals surface area contributed by atoms with E-state index >= 15 is 0 Å². The zero-order valence-electron chi connectivity index (χ0n) is 13.7. The Kier molecular flexibility index (Phi) is 4.40. The fraction of sp³-hybridized carbons (Fsp3) is 0.312. The van der Waals surface area contributed by atoms with Crippen molar-refractivity contribution in [1.82, 2.24) is 35.5 Å². The van der Waals surface area contributed by atoms with Crippen molar-refractivity contribution < 1.29 is 13.9 Å². The van der Waals surface area contributed by atoms with Gasteiger partial charge in [0.25, 0.3) is 5.91 Å². The number of ether oxygens (including phenoxy) is 1. The Morgan fingerprint density at radius 1 is 1.42 bits per heavy atom. The van der Waals surface area contributed by atoms with Crippen molar-refractivity contribution in [3.63, 3.8) is 0 Å². The molecule has 0 bridgehead atoms. The SMILES string of the molecule is O=C(NCC1CCCO1)c1ncc(-n2nnnc2-c2ccccc2F)[nH]1. The first kappa shape index (κ1) is 16.3. The Bertz CT molecular complexity index is 917. The summed E-state index contributed by atoms with van der Waals surface area (Å²) in [5.74, 6) is -0.119. The molecule has 1 amide bonds. The average molecular weight is 357 g/mol. The number of aromatic amines is 1. The normalized spacial score (nSPS) is 16.7. The van der Waals surface area contributed by atoms with Crippen LogP contribution in [0.15, 0.2) is 30.5 Å². The maximum absolute atomic E-state index is 14.0. The molecule has 9 nitrogen and oxygen atoms in total. The third-order valence-electron chi connectivity index (χ3n) is 4.10. The van der Waals surface area contributed by atoms with E-state index in [1.807, 2.05) is 0 Å². The number of amides is 1. The van der Waals surface area contributed by atoms with Crippen molar-refractivity contribution in [3.05, 3.63) is 42.1 Å². The van der Waals surface area contributed by atoms with E-state index in [0.717, 1.165) is 19.4 Å². The van der Waals surface area contributed by atoms with E-state index in [1.165, 1.54) is 16.9 Å². The highest BCUT2D eigenvalue weighted by atomic mass is 19.1. The molecule has 3 heterocycles. The minimum Gasteiger partial charge on any atom is -0.376 e. The van der Waals surface area contributed by atoms with Crippen molar-refractivity contribution in [2.24, 2.45) is 0 Å². The Hall–Kier alpha value is -3.14. The van der Waals surface area contributed by atoms with Crippen LogP contribution < -0.4 is 5.32 Å². The third-order valence-corrected chi connectivity index (χ3v) is 4.10. The summed E-state index contributed by atoms with van der Waals surface area (Å²) in [6.07, 6.45) is 3.39. The van der Waals surface area contributed by atoms with E-state index in [1.54, 1.807) is 18.2 Å². The summed E-state index contributed by atoms with van der Waals surface area (Å²) < 4.78 is 20.8. The summed E-state index contributed by atoms with van der Waals surface area (Å²) in [5.41, 5.74) is 0.247. The molecule has 1 saturated heterocycles. The summed E-state index contributed by atoms with van der Waals surface area (Å²) in [5, 5.41) is 14.1. The van der Waals surface area contributed by atoms with E-state index in [-0.39, 0.29) is 29.2 Å². The van der Waals surface area contributed by atoms with Gasteiger partial charge in [-0.3, -0.25) is 4.79 Å². The molecular formula is C16H16FN7O2. The fourth-order valence-electron chi connectivity index (χ4n) is 2.79. The van der Waals surface area contributed by atoms with Crippen molar-refractivity contribution in [1.29, 1.82) is 0 Å². The van der Waals surface area contributed by atoms with Crippen molar-refractivity contribution >= 4 is 5.91 Å². The molecule has 3 aromatic rings. The number of carbonyl (C=O) groups excluding carboxylic acids is 1. The highest BCUT2D eigenvalue weighted by molar-refractivity contribution is 5.90. The maximum atomic E-state index is 14.0. The molecule has 1 unspecified atom stereocenters. The molecule has 1 aliphatic heterocycles. The van der Waals surface area contributed by atoms with Gasteiger partial charge in [0.1, 0.15) is 5.82 Å². The molecule has 0 saturated carbocycles. The highest BCUT2D eigenvalue weighted by Crippen LogP contribution is 2.21. The van der Waals surface area contributed by atoms with Crippen molar-refractivity contribution in [2.75, 3.05) is 13.2 Å². The zero-order chi connectivity index (χ0) is 17.9. The first-order valence-electron chi connectivity index (χ1n) is 8.21. The van der Waals surface area contributed by atoms with Gasteiger partial charge in [0.15, 0.2) is 17.5 Å². The Labute approximate surface area is 147 Å². The van der Waals surface area contributed by atoms with Gasteiger partial charge in [0.05, 0.1) is 17.9 Å². The van der Waals surface area contributed by atoms with Crippen LogP contribution in [-0.2, 0) is 4.74 Å². The third kappa shape index (κ3) is 3.18. The molecule has 0 aliphatic carbocycles. The standard InChI is InChI=1S/C16H16FN7O2/c17-12-6-2-1-5-11(12)15-21-22-23-24(15)13-9-18-14(20-13)16(25)19-8-10-4-3-7-26-10/h1-2,5-6,9-10H,3-4,7-8H2,(H,18,20)(H,19,25). The van der Waals surface area contributed by atoms with Gasteiger partial charge >= 0.3 is 0 Å². The number of hydrogen-bond acceptors (Lipinski definition) is 6. The molecular weight excluding hydrogens is 341 g/mol. The molecule has 2 N–H and O–H groups in total. The lowest BCUT2D eigenvalue weighted by Gasteiger charge is -2.09. The second-order valence-corrected chi connectivity index (χ2v) is 5.86. The lowest BCUT2D eigenvalue weighted by Crippen LogP contribution is -2.32. The molecule has 134 valence electrons. The molecule has 10 heteroatoms. The lowest BCUT2D eigenvalue weighted by atomic mass is 10.2. The summed E-state index contributed by atoms with van der Waals surface area (Å²) >= 11 is 0. The summed E-state index contributed by atoms with van der Waals surface area (Å²) in [6.45, 7) is 1.16. The van der Waals surface area contributed by atoms with E-state index in [0.29, 0.717) is 12.4 Å². The van der Waals surface area contributed by atoms with Crippen LogP contribution in [-0.4, -0.2) is 55.3 Å². The molecule has 1 aliphatic rings. The van der Waals surface area contributed by atoms with Crippen LogP contribution in [0.2, 0.25) is 0 Å². The molecule has 0 spiro atoms. The van der Waals surface area contributed by atoms with Gasteiger partial charge in [-0.2, -0.15) is 4.68 Å². The number of halogens is 1.